The van der Waals surface area contributed by atoms with Gasteiger partial charge in [0.15, 0.2) is 0 Å². The maximum absolute atomic E-state index is 12.5. The predicted octanol–water partition coefficient (Wildman–Crippen LogP) is 1.28. The summed E-state index contributed by atoms with van der Waals surface area (Å²) in [5, 5.41) is 3.57. The first-order chi connectivity index (χ1) is 11.6. The molecule has 2 amide bonds. The maximum atomic E-state index is 12.5. The number of carbonyl (C=O) groups is 2. The lowest BCUT2D eigenvalue weighted by atomic mass is 10.2. The molecule has 0 radical (unpaired) electrons. The van der Waals surface area contributed by atoms with Crippen molar-refractivity contribution in [1.82, 2.24) is 10.2 Å². The molecule has 6 nitrogen and oxygen atoms in total. The first-order valence-electron chi connectivity index (χ1n) is 8.30. The Hall–Kier alpha value is -1.63. The zero-order valence-electron chi connectivity index (χ0n) is 13.5. The first kappa shape index (κ1) is 17.2. The van der Waals surface area contributed by atoms with E-state index in [0.717, 1.165) is 38.5 Å². The lowest BCUT2D eigenvalue weighted by Gasteiger charge is -2.27. The quantitative estimate of drug-likeness (QED) is 0.868. The van der Waals surface area contributed by atoms with Crippen LogP contribution in [0, 0.1) is 0 Å². The summed E-state index contributed by atoms with van der Waals surface area (Å²) in [4.78, 5) is 28.5. The number of nitrogens with zero attached hydrogens (tertiary/aromatic N) is 2. The van der Waals surface area contributed by atoms with E-state index in [0.29, 0.717) is 24.4 Å². The molecule has 1 unspecified atom stereocenters. The number of anilines is 1. The number of benzene rings is 1. The molecular weight excluding hydrogens is 330 g/mol. The average molecular weight is 352 g/mol. The molecule has 130 valence electrons. The molecule has 1 aromatic rings. The Labute approximate surface area is 146 Å². The number of hydrogen-bond acceptors (Lipinski definition) is 4. The van der Waals surface area contributed by atoms with Crippen molar-refractivity contribution in [1.29, 1.82) is 0 Å². The number of hydrogen-bond donors (Lipinski definition) is 1. The van der Waals surface area contributed by atoms with Crippen LogP contribution < -0.4 is 10.2 Å². The summed E-state index contributed by atoms with van der Waals surface area (Å²) in [5.41, 5.74) is 0.718. The summed E-state index contributed by atoms with van der Waals surface area (Å²) in [5.74, 6) is -0.116. The Morgan fingerprint density at radius 1 is 1.25 bits per heavy atom. The molecule has 1 N–H and O–H groups in total. The summed E-state index contributed by atoms with van der Waals surface area (Å²) in [6.45, 7) is 4.67. The van der Waals surface area contributed by atoms with Crippen LogP contribution in [0.25, 0.3) is 0 Å². The lowest BCUT2D eigenvalue weighted by Crippen LogP contribution is -2.47. The third-order valence-corrected chi connectivity index (χ3v) is 4.70. The molecular formula is C17H22ClN3O3. The highest BCUT2D eigenvalue weighted by Crippen LogP contribution is 2.27. The van der Waals surface area contributed by atoms with E-state index < -0.39 is 6.04 Å². The van der Waals surface area contributed by atoms with Crippen molar-refractivity contribution in [2.24, 2.45) is 0 Å². The van der Waals surface area contributed by atoms with Gasteiger partial charge in [-0.05, 0) is 30.7 Å². The summed E-state index contributed by atoms with van der Waals surface area (Å²) in [6.07, 6.45) is 0.940. The molecule has 24 heavy (non-hydrogen) atoms. The third-order valence-electron chi connectivity index (χ3n) is 4.45. The van der Waals surface area contributed by atoms with E-state index in [9.17, 15) is 9.59 Å². The minimum atomic E-state index is -0.441. The third kappa shape index (κ3) is 4.06. The van der Waals surface area contributed by atoms with E-state index in [1.807, 2.05) is 0 Å². The number of carbonyl (C=O) groups excluding carboxylic acids is 2. The van der Waals surface area contributed by atoms with Crippen molar-refractivity contribution in [3.8, 4) is 0 Å². The Morgan fingerprint density at radius 2 is 1.96 bits per heavy atom. The van der Waals surface area contributed by atoms with Gasteiger partial charge in [0.05, 0.1) is 13.2 Å². The first-order valence-corrected chi connectivity index (χ1v) is 8.68. The van der Waals surface area contributed by atoms with Gasteiger partial charge in [-0.1, -0.05) is 11.6 Å². The minimum Gasteiger partial charge on any atom is -0.379 e. The molecule has 2 fully saturated rings. The van der Waals surface area contributed by atoms with E-state index in [4.69, 9.17) is 16.3 Å². The van der Waals surface area contributed by atoms with Gasteiger partial charge in [-0.3, -0.25) is 19.4 Å². The van der Waals surface area contributed by atoms with Crippen molar-refractivity contribution >= 4 is 29.1 Å². The fraction of sp³-hybridized carbons (Fsp3) is 0.529. The van der Waals surface area contributed by atoms with Gasteiger partial charge in [0.25, 0.3) is 0 Å². The largest absolute Gasteiger partial charge is 0.379 e. The molecule has 0 aliphatic carbocycles. The van der Waals surface area contributed by atoms with Gasteiger partial charge in [-0.15, -0.1) is 0 Å². The molecule has 0 bridgehead atoms. The van der Waals surface area contributed by atoms with Crippen LogP contribution in [0.3, 0.4) is 0 Å². The summed E-state index contributed by atoms with van der Waals surface area (Å²) in [7, 11) is 0. The molecule has 2 aliphatic rings. The monoisotopic (exact) mass is 351 g/mol. The number of morpholine rings is 1. The van der Waals surface area contributed by atoms with Gasteiger partial charge >= 0.3 is 0 Å². The minimum absolute atomic E-state index is 0.0225. The van der Waals surface area contributed by atoms with Crippen LogP contribution in [0.1, 0.15) is 12.8 Å². The zero-order valence-corrected chi connectivity index (χ0v) is 14.3. The summed E-state index contributed by atoms with van der Waals surface area (Å²) in [6, 6.07) is 6.58. The van der Waals surface area contributed by atoms with Crippen LogP contribution in [0.5, 0.6) is 0 Å². The van der Waals surface area contributed by atoms with Crippen LogP contribution >= 0.6 is 11.6 Å². The van der Waals surface area contributed by atoms with Crippen molar-refractivity contribution < 1.29 is 14.3 Å². The highest BCUT2D eigenvalue weighted by atomic mass is 35.5. The topological polar surface area (TPSA) is 61.9 Å². The molecule has 2 aliphatic heterocycles. The van der Waals surface area contributed by atoms with Crippen molar-refractivity contribution in [3.63, 3.8) is 0 Å². The number of ether oxygens (including phenoxy) is 1. The smallest absolute Gasteiger partial charge is 0.243 e. The van der Waals surface area contributed by atoms with Crippen LogP contribution in [0.15, 0.2) is 24.3 Å². The van der Waals surface area contributed by atoms with Crippen LogP contribution in [-0.2, 0) is 14.3 Å². The van der Waals surface area contributed by atoms with Crippen LogP contribution in [0.4, 0.5) is 5.69 Å². The Bertz CT molecular complexity index is 587. The van der Waals surface area contributed by atoms with Crippen molar-refractivity contribution in [2.75, 3.05) is 44.3 Å². The Morgan fingerprint density at radius 3 is 2.67 bits per heavy atom. The van der Waals surface area contributed by atoms with Gasteiger partial charge in [0.1, 0.15) is 6.04 Å². The molecule has 7 heteroatoms. The van der Waals surface area contributed by atoms with E-state index in [-0.39, 0.29) is 11.8 Å². The average Bonchev–Trinajstić information content (AvgIpc) is 2.98. The zero-order chi connectivity index (χ0) is 16.9. The molecule has 1 atom stereocenters. The number of halogens is 1. The second kappa shape index (κ2) is 7.96. The second-order valence-corrected chi connectivity index (χ2v) is 6.48. The molecule has 0 saturated carbocycles. The van der Waals surface area contributed by atoms with Gasteiger partial charge in [-0.25, -0.2) is 0 Å². The number of rotatable bonds is 5. The van der Waals surface area contributed by atoms with Crippen LogP contribution in [-0.4, -0.2) is 62.1 Å². The van der Waals surface area contributed by atoms with E-state index in [1.165, 1.54) is 0 Å². The number of nitrogens with one attached hydrogen (secondary N) is 1. The van der Waals surface area contributed by atoms with E-state index >= 15 is 0 Å². The van der Waals surface area contributed by atoms with Crippen molar-refractivity contribution in [3.05, 3.63) is 29.3 Å². The summed E-state index contributed by atoms with van der Waals surface area (Å²) >= 11 is 5.90. The van der Waals surface area contributed by atoms with E-state index in [2.05, 4.69) is 10.2 Å². The molecule has 2 saturated heterocycles. The molecule has 0 spiro atoms. The molecule has 3 rings (SSSR count). The van der Waals surface area contributed by atoms with Crippen LogP contribution in [0.2, 0.25) is 5.02 Å². The van der Waals surface area contributed by atoms with Gasteiger partial charge < -0.3 is 10.1 Å². The highest BCUT2D eigenvalue weighted by molar-refractivity contribution is 6.30. The Balaban J connectivity index is 1.56. The van der Waals surface area contributed by atoms with Gasteiger partial charge in [0, 0.05) is 43.3 Å². The normalized spacial score (nSPS) is 22.0. The SMILES string of the molecule is O=C(NCCN1CCOCC1)C1CCC(=O)N1c1ccc(Cl)cc1. The van der Waals surface area contributed by atoms with Gasteiger partial charge in [-0.2, -0.15) is 0 Å². The fourth-order valence-electron chi connectivity index (χ4n) is 3.14. The number of amides is 2. The predicted molar refractivity (Wildman–Crippen MR) is 92.2 cm³/mol. The molecule has 2 heterocycles. The lowest BCUT2D eigenvalue weighted by molar-refractivity contribution is -0.124. The van der Waals surface area contributed by atoms with Gasteiger partial charge in [0.2, 0.25) is 11.8 Å². The molecule has 1 aromatic carbocycles. The summed E-state index contributed by atoms with van der Waals surface area (Å²) < 4.78 is 5.31. The second-order valence-electron chi connectivity index (χ2n) is 6.04. The van der Waals surface area contributed by atoms with Crippen molar-refractivity contribution in [2.45, 2.75) is 18.9 Å². The standard InChI is InChI=1S/C17H22ClN3O3/c18-13-1-3-14(4-2-13)21-15(5-6-16(21)22)17(23)19-7-8-20-9-11-24-12-10-20/h1-4,15H,5-12H2,(H,19,23). The Kier molecular flexibility index (Phi) is 5.71. The maximum Gasteiger partial charge on any atom is 0.243 e. The fourth-order valence-corrected chi connectivity index (χ4v) is 3.26. The molecule has 0 aromatic heterocycles. The van der Waals surface area contributed by atoms with E-state index in [1.54, 1.807) is 29.2 Å². The highest BCUT2D eigenvalue weighted by Gasteiger charge is 2.36.